The maximum Gasteiger partial charge on any atom is 0.272 e. The number of amidine groups is 1. The van der Waals surface area contributed by atoms with Gasteiger partial charge in [0, 0.05) is 12.1 Å². The number of rotatable bonds is 7. The summed E-state index contributed by atoms with van der Waals surface area (Å²) in [4.78, 5) is 29.8. The van der Waals surface area contributed by atoms with E-state index in [0.29, 0.717) is 9.99 Å². The molecule has 1 aliphatic heterocycles. The van der Waals surface area contributed by atoms with Gasteiger partial charge in [0.1, 0.15) is 5.25 Å². The smallest absolute Gasteiger partial charge is 0.272 e. The van der Waals surface area contributed by atoms with E-state index in [2.05, 4.69) is 16.9 Å². The Morgan fingerprint density at radius 2 is 1.87 bits per heavy atom. The van der Waals surface area contributed by atoms with Crippen molar-refractivity contribution in [1.82, 2.24) is 4.31 Å². The van der Waals surface area contributed by atoms with Gasteiger partial charge in [-0.2, -0.15) is 4.31 Å². The van der Waals surface area contributed by atoms with Crippen LogP contribution >= 0.6 is 11.8 Å². The van der Waals surface area contributed by atoms with Crippen LogP contribution in [0.1, 0.15) is 17.5 Å². The van der Waals surface area contributed by atoms with E-state index in [1.807, 2.05) is 26.0 Å². The van der Waals surface area contributed by atoms with Gasteiger partial charge in [0.2, 0.25) is 5.91 Å². The van der Waals surface area contributed by atoms with Gasteiger partial charge in [-0.1, -0.05) is 53.7 Å². The molecule has 1 heterocycles. The molecule has 9 heteroatoms. The molecule has 1 fully saturated rings. The van der Waals surface area contributed by atoms with Crippen molar-refractivity contribution in [1.29, 1.82) is 0 Å². The van der Waals surface area contributed by atoms with Crippen molar-refractivity contribution in [2.75, 3.05) is 11.9 Å². The summed E-state index contributed by atoms with van der Waals surface area (Å²) in [6, 6.07) is 13.5. The SMILES string of the molecule is C=CCN=C1S[C@H](CC(=O)Nc2ccccc2C)C(=O)N1S(=O)(=O)c1ccc(C)cc1. The van der Waals surface area contributed by atoms with E-state index < -0.39 is 21.2 Å². The van der Waals surface area contributed by atoms with E-state index >= 15 is 0 Å². The van der Waals surface area contributed by atoms with Crippen molar-refractivity contribution in [2.24, 2.45) is 4.99 Å². The molecule has 0 bridgehead atoms. The van der Waals surface area contributed by atoms with Crippen LogP contribution in [0.3, 0.4) is 0 Å². The van der Waals surface area contributed by atoms with Gasteiger partial charge in [-0.25, -0.2) is 8.42 Å². The highest BCUT2D eigenvalue weighted by Gasteiger charge is 2.46. The summed E-state index contributed by atoms with van der Waals surface area (Å²) in [6.45, 7) is 7.44. The van der Waals surface area contributed by atoms with E-state index in [4.69, 9.17) is 0 Å². The predicted molar refractivity (Wildman–Crippen MR) is 124 cm³/mol. The van der Waals surface area contributed by atoms with Crippen molar-refractivity contribution in [3.63, 3.8) is 0 Å². The number of hydrogen-bond donors (Lipinski definition) is 1. The number of para-hydroxylation sites is 1. The number of carbonyl (C=O) groups excluding carboxylic acids is 2. The summed E-state index contributed by atoms with van der Waals surface area (Å²) in [7, 11) is -4.15. The predicted octanol–water partition coefficient (Wildman–Crippen LogP) is 3.51. The van der Waals surface area contributed by atoms with E-state index in [1.54, 1.807) is 24.3 Å². The fourth-order valence-corrected chi connectivity index (χ4v) is 5.78. The Hall–Kier alpha value is -2.91. The Kier molecular flexibility index (Phi) is 6.97. The number of benzene rings is 2. The first-order chi connectivity index (χ1) is 14.7. The molecule has 0 aromatic heterocycles. The number of anilines is 1. The molecule has 3 rings (SSSR count). The number of thioether (sulfide) groups is 1. The second kappa shape index (κ2) is 9.49. The van der Waals surface area contributed by atoms with Gasteiger partial charge in [-0.3, -0.25) is 14.6 Å². The molecule has 31 heavy (non-hydrogen) atoms. The molecule has 0 spiro atoms. The van der Waals surface area contributed by atoms with Crippen molar-refractivity contribution >= 4 is 44.5 Å². The van der Waals surface area contributed by atoms with Crippen molar-refractivity contribution in [3.8, 4) is 0 Å². The zero-order valence-electron chi connectivity index (χ0n) is 17.2. The molecule has 1 N–H and O–H groups in total. The van der Waals surface area contributed by atoms with Crippen LogP contribution < -0.4 is 5.32 Å². The summed E-state index contributed by atoms with van der Waals surface area (Å²) < 4.78 is 27.1. The largest absolute Gasteiger partial charge is 0.326 e. The minimum atomic E-state index is -4.15. The van der Waals surface area contributed by atoms with Crippen molar-refractivity contribution < 1.29 is 18.0 Å². The summed E-state index contributed by atoms with van der Waals surface area (Å²) in [5.41, 5.74) is 2.43. The number of nitrogens with one attached hydrogen (secondary N) is 1. The molecule has 2 amide bonds. The summed E-state index contributed by atoms with van der Waals surface area (Å²) in [5.74, 6) is -1.06. The van der Waals surface area contributed by atoms with Crippen LogP contribution in [0.25, 0.3) is 0 Å². The lowest BCUT2D eigenvalue weighted by Gasteiger charge is -2.17. The van der Waals surface area contributed by atoms with Crippen LogP contribution in [0.5, 0.6) is 0 Å². The van der Waals surface area contributed by atoms with Crippen LogP contribution in [0.2, 0.25) is 0 Å². The number of aryl methyl sites for hydroxylation is 2. The van der Waals surface area contributed by atoms with Crippen LogP contribution in [0.4, 0.5) is 5.69 Å². The van der Waals surface area contributed by atoms with Gasteiger partial charge in [0.25, 0.3) is 15.9 Å². The Labute approximate surface area is 186 Å². The third kappa shape index (κ3) is 5.05. The second-order valence-corrected chi connectivity index (χ2v) is 9.96. The van der Waals surface area contributed by atoms with Gasteiger partial charge >= 0.3 is 0 Å². The summed E-state index contributed by atoms with van der Waals surface area (Å²) in [6.07, 6.45) is 1.33. The zero-order valence-corrected chi connectivity index (χ0v) is 18.9. The number of carbonyl (C=O) groups is 2. The van der Waals surface area contributed by atoms with E-state index in [1.165, 1.54) is 18.2 Å². The number of amides is 2. The first-order valence-electron chi connectivity index (χ1n) is 9.57. The van der Waals surface area contributed by atoms with Gasteiger partial charge in [-0.15, -0.1) is 6.58 Å². The molecular formula is C22H23N3O4S2. The van der Waals surface area contributed by atoms with Gasteiger partial charge in [0.05, 0.1) is 11.4 Å². The highest BCUT2D eigenvalue weighted by Crippen LogP contribution is 2.34. The van der Waals surface area contributed by atoms with Gasteiger partial charge in [0.15, 0.2) is 5.17 Å². The molecule has 2 aromatic carbocycles. The Morgan fingerprint density at radius 1 is 1.19 bits per heavy atom. The summed E-state index contributed by atoms with van der Waals surface area (Å²) in [5, 5.41) is 1.92. The lowest BCUT2D eigenvalue weighted by molar-refractivity contribution is -0.125. The maximum absolute atomic E-state index is 13.2. The Balaban J connectivity index is 1.85. The van der Waals surface area contributed by atoms with Crippen molar-refractivity contribution in [2.45, 2.75) is 30.4 Å². The molecule has 7 nitrogen and oxygen atoms in total. The van der Waals surface area contributed by atoms with Gasteiger partial charge in [-0.05, 0) is 37.6 Å². The average molecular weight is 458 g/mol. The van der Waals surface area contributed by atoms with Crippen LogP contribution in [-0.4, -0.2) is 41.5 Å². The lowest BCUT2D eigenvalue weighted by Crippen LogP contribution is -2.38. The molecular weight excluding hydrogens is 434 g/mol. The average Bonchev–Trinajstić information content (AvgIpc) is 3.04. The number of hydrogen-bond acceptors (Lipinski definition) is 6. The van der Waals surface area contributed by atoms with Crippen LogP contribution in [0, 0.1) is 13.8 Å². The third-order valence-corrected chi connectivity index (χ3v) is 7.59. The molecule has 1 saturated heterocycles. The third-order valence-electron chi connectivity index (χ3n) is 4.60. The monoisotopic (exact) mass is 457 g/mol. The second-order valence-electron chi connectivity index (χ2n) is 7.01. The maximum atomic E-state index is 13.2. The lowest BCUT2D eigenvalue weighted by atomic mass is 10.2. The van der Waals surface area contributed by atoms with Crippen LogP contribution in [-0.2, 0) is 19.6 Å². The highest BCUT2D eigenvalue weighted by atomic mass is 32.2. The molecule has 1 atom stereocenters. The van der Waals surface area contributed by atoms with E-state index in [-0.39, 0.29) is 28.9 Å². The minimum absolute atomic E-state index is 0.0108. The number of aliphatic imine (C=N–C) groups is 1. The summed E-state index contributed by atoms with van der Waals surface area (Å²) >= 11 is 0.973. The fourth-order valence-electron chi connectivity index (χ4n) is 2.94. The molecule has 0 radical (unpaired) electrons. The molecule has 1 aliphatic rings. The minimum Gasteiger partial charge on any atom is -0.326 e. The first-order valence-corrected chi connectivity index (χ1v) is 11.9. The standard InChI is InChI=1S/C22H23N3O4S2/c1-4-13-23-22-25(31(28,29)17-11-9-15(2)10-12-17)21(27)19(30-22)14-20(26)24-18-8-6-5-7-16(18)3/h4-12,19H,1,13-14H2,2-3H3,(H,24,26)/t19-/m1/s1. The first kappa shape index (κ1) is 22.8. The molecule has 0 unspecified atom stereocenters. The van der Waals surface area contributed by atoms with E-state index in [9.17, 15) is 18.0 Å². The quantitative estimate of drug-likeness (QED) is 0.642. The molecule has 0 saturated carbocycles. The zero-order chi connectivity index (χ0) is 22.6. The van der Waals surface area contributed by atoms with Gasteiger partial charge < -0.3 is 5.32 Å². The fraction of sp³-hybridized carbons (Fsp3) is 0.227. The molecule has 162 valence electrons. The highest BCUT2D eigenvalue weighted by molar-refractivity contribution is 8.17. The number of nitrogens with zero attached hydrogens (tertiary/aromatic N) is 2. The number of sulfonamides is 1. The van der Waals surface area contributed by atoms with Crippen molar-refractivity contribution in [3.05, 3.63) is 72.3 Å². The topological polar surface area (TPSA) is 95.9 Å². The molecule has 2 aromatic rings. The van der Waals surface area contributed by atoms with Crippen LogP contribution in [0.15, 0.2) is 71.1 Å². The van der Waals surface area contributed by atoms with E-state index in [0.717, 1.165) is 22.9 Å². The normalized spacial score (nSPS) is 17.7. The molecule has 0 aliphatic carbocycles. The Morgan fingerprint density at radius 3 is 2.52 bits per heavy atom. The Bertz CT molecular complexity index is 1140.